The second kappa shape index (κ2) is 8.72. The van der Waals surface area contributed by atoms with Gasteiger partial charge in [-0.3, -0.25) is 4.79 Å². The summed E-state index contributed by atoms with van der Waals surface area (Å²) in [5, 5.41) is 9.23. The maximum absolute atomic E-state index is 11.9. The van der Waals surface area contributed by atoms with Gasteiger partial charge >= 0.3 is 5.97 Å². The molecule has 0 aliphatic rings. The lowest BCUT2D eigenvalue weighted by atomic mass is 10.1. The van der Waals surface area contributed by atoms with Crippen LogP contribution in [0.1, 0.15) is 23.9 Å². The van der Waals surface area contributed by atoms with Gasteiger partial charge in [0.25, 0.3) is 5.91 Å². The van der Waals surface area contributed by atoms with Gasteiger partial charge in [-0.1, -0.05) is 0 Å². The molecule has 0 radical (unpaired) electrons. The van der Waals surface area contributed by atoms with Crippen LogP contribution >= 0.6 is 0 Å². The van der Waals surface area contributed by atoms with Crippen molar-refractivity contribution in [3.05, 3.63) is 52.9 Å². The fourth-order valence-electron chi connectivity index (χ4n) is 2.70. The Morgan fingerprint density at radius 2 is 1.93 bits per heavy atom. The van der Waals surface area contributed by atoms with Crippen molar-refractivity contribution in [1.82, 2.24) is 4.57 Å². The predicted octanol–water partition coefficient (Wildman–Crippen LogP) is 2.43. The van der Waals surface area contributed by atoms with Crippen molar-refractivity contribution in [2.75, 3.05) is 13.2 Å². The van der Waals surface area contributed by atoms with E-state index in [0.29, 0.717) is 12.2 Å². The van der Waals surface area contributed by atoms with Gasteiger partial charge < -0.3 is 19.8 Å². The molecule has 0 atom stereocenters. The Balaban J connectivity index is 2.34. The predicted molar refractivity (Wildman–Crippen MR) is 100 cm³/mol. The highest BCUT2D eigenvalue weighted by Gasteiger charge is 2.15. The molecule has 1 heterocycles. The molecule has 1 aromatic carbocycles. The number of nitrogens with zero attached hydrogens (tertiary/aromatic N) is 2. The van der Waals surface area contributed by atoms with Gasteiger partial charge in [0.1, 0.15) is 17.4 Å². The molecule has 0 saturated carbocycles. The molecule has 0 spiro atoms. The molecule has 0 fully saturated rings. The van der Waals surface area contributed by atoms with Crippen LogP contribution in [-0.4, -0.2) is 29.7 Å². The number of nitrogens with two attached hydrogens (primary N) is 1. The zero-order valence-electron chi connectivity index (χ0n) is 15.5. The molecule has 2 aromatic rings. The molecule has 0 aliphatic carbocycles. The number of benzene rings is 1. The first-order chi connectivity index (χ1) is 12.9. The van der Waals surface area contributed by atoms with Crippen molar-refractivity contribution in [2.45, 2.75) is 20.8 Å². The van der Waals surface area contributed by atoms with E-state index in [9.17, 15) is 14.9 Å². The van der Waals surface area contributed by atoms with Gasteiger partial charge in [-0.2, -0.15) is 5.26 Å². The summed E-state index contributed by atoms with van der Waals surface area (Å²) in [5.74, 6) is -0.885. The molecule has 2 rings (SSSR count). The van der Waals surface area contributed by atoms with Crippen LogP contribution in [0.25, 0.3) is 11.8 Å². The van der Waals surface area contributed by atoms with Crippen LogP contribution in [0, 0.1) is 25.2 Å². The average Bonchev–Trinajstić information content (AvgIpc) is 2.92. The average molecular weight is 367 g/mol. The van der Waals surface area contributed by atoms with E-state index in [-0.39, 0.29) is 5.57 Å². The number of amides is 1. The Kier molecular flexibility index (Phi) is 6.39. The van der Waals surface area contributed by atoms with Crippen LogP contribution in [0.2, 0.25) is 0 Å². The molecule has 2 N–H and O–H groups in total. The number of carbonyl (C=O) groups excluding carboxylic acids is 2. The fourth-order valence-corrected chi connectivity index (χ4v) is 2.70. The normalized spacial score (nSPS) is 11.0. The Morgan fingerprint density at radius 3 is 2.48 bits per heavy atom. The summed E-state index contributed by atoms with van der Waals surface area (Å²) in [7, 11) is 0. The number of hydrogen-bond donors (Lipinski definition) is 1. The number of rotatable bonds is 7. The van der Waals surface area contributed by atoms with E-state index in [1.807, 2.05) is 55.7 Å². The monoisotopic (exact) mass is 367 g/mol. The van der Waals surface area contributed by atoms with Crippen molar-refractivity contribution in [3.63, 3.8) is 0 Å². The van der Waals surface area contributed by atoms with Crippen molar-refractivity contribution in [2.24, 2.45) is 5.73 Å². The summed E-state index contributed by atoms with van der Waals surface area (Å²) in [4.78, 5) is 22.6. The molecule has 27 heavy (non-hydrogen) atoms. The number of ether oxygens (including phenoxy) is 2. The minimum Gasteiger partial charge on any atom is -0.494 e. The first kappa shape index (κ1) is 19.8. The first-order valence-corrected chi connectivity index (χ1v) is 8.36. The number of hydrogen-bond acceptors (Lipinski definition) is 5. The molecule has 1 amide bonds. The van der Waals surface area contributed by atoms with Gasteiger partial charge in [-0.25, -0.2) is 4.79 Å². The highest BCUT2D eigenvalue weighted by Crippen LogP contribution is 2.24. The van der Waals surface area contributed by atoms with Crippen LogP contribution in [0.5, 0.6) is 5.75 Å². The molecule has 1 aromatic heterocycles. The molecule has 0 saturated heterocycles. The van der Waals surface area contributed by atoms with E-state index in [1.165, 1.54) is 6.08 Å². The number of carbonyl (C=O) groups is 2. The maximum Gasteiger partial charge on any atom is 0.349 e. The van der Waals surface area contributed by atoms with Gasteiger partial charge in [0.15, 0.2) is 6.61 Å². The fraction of sp³-hybridized carbons (Fsp3) is 0.250. The van der Waals surface area contributed by atoms with E-state index >= 15 is 0 Å². The van der Waals surface area contributed by atoms with E-state index in [0.717, 1.165) is 22.8 Å². The molecule has 7 heteroatoms. The standard InChI is InChI=1S/C20H21N3O4/c1-4-26-18-7-5-17(6-8-18)23-13(2)9-15(14(23)3)10-16(11-21)20(25)27-12-19(22)24/h5-10H,4,12H2,1-3H3,(H2,22,24). The summed E-state index contributed by atoms with van der Waals surface area (Å²) in [6.45, 7) is 5.77. The van der Waals surface area contributed by atoms with Crippen molar-refractivity contribution in [1.29, 1.82) is 5.26 Å². The smallest absolute Gasteiger partial charge is 0.349 e. The van der Waals surface area contributed by atoms with Crippen molar-refractivity contribution < 1.29 is 19.1 Å². The molecule has 0 aliphatic heterocycles. The van der Waals surface area contributed by atoms with E-state index in [1.54, 1.807) is 6.07 Å². The molecular formula is C20H21N3O4. The lowest BCUT2D eigenvalue weighted by Crippen LogP contribution is -2.21. The number of aromatic nitrogens is 1. The third-order valence-electron chi connectivity index (χ3n) is 3.86. The molecule has 140 valence electrons. The second-order valence-electron chi connectivity index (χ2n) is 5.80. The van der Waals surface area contributed by atoms with Crippen LogP contribution in [0.15, 0.2) is 35.9 Å². The number of esters is 1. The highest BCUT2D eigenvalue weighted by molar-refractivity contribution is 5.99. The molecular weight excluding hydrogens is 346 g/mol. The quantitative estimate of drug-likeness (QED) is 0.459. The molecule has 0 bridgehead atoms. The van der Waals surface area contributed by atoms with Gasteiger partial charge in [0, 0.05) is 17.1 Å². The summed E-state index contributed by atoms with van der Waals surface area (Å²) in [5.41, 5.74) is 8.17. The van der Waals surface area contributed by atoms with E-state index in [4.69, 9.17) is 15.2 Å². The SMILES string of the molecule is CCOc1ccc(-n2c(C)cc(C=C(C#N)C(=O)OCC(N)=O)c2C)cc1. The minimum atomic E-state index is -0.887. The van der Waals surface area contributed by atoms with Crippen LogP contribution in [0.4, 0.5) is 0 Å². The number of nitriles is 1. The Labute approximate surface area is 157 Å². The lowest BCUT2D eigenvalue weighted by Gasteiger charge is -2.11. The first-order valence-electron chi connectivity index (χ1n) is 8.36. The zero-order chi connectivity index (χ0) is 20.0. The van der Waals surface area contributed by atoms with Crippen LogP contribution in [0.3, 0.4) is 0 Å². The second-order valence-corrected chi connectivity index (χ2v) is 5.80. The lowest BCUT2D eigenvalue weighted by molar-refractivity contribution is -0.143. The minimum absolute atomic E-state index is 0.205. The topological polar surface area (TPSA) is 107 Å². The molecule has 0 unspecified atom stereocenters. The van der Waals surface area contributed by atoms with E-state index < -0.39 is 18.5 Å². The van der Waals surface area contributed by atoms with Gasteiger partial charge in [0.05, 0.1) is 6.61 Å². The third-order valence-corrected chi connectivity index (χ3v) is 3.86. The largest absolute Gasteiger partial charge is 0.494 e. The van der Waals surface area contributed by atoms with E-state index in [2.05, 4.69) is 0 Å². The number of primary amides is 1. The highest BCUT2D eigenvalue weighted by atomic mass is 16.5. The summed E-state index contributed by atoms with van der Waals surface area (Å²) in [6, 6.07) is 11.3. The third kappa shape index (κ3) is 4.76. The van der Waals surface area contributed by atoms with Crippen LogP contribution in [-0.2, 0) is 14.3 Å². The Morgan fingerprint density at radius 1 is 1.26 bits per heavy atom. The summed E-state index contributed by atoms with van der Waals surface area (Å²) >= 11 is 0. The van der Waals surface area contributed by atoms with Crippen molar-refractivity contribution >= 4 is 18.0 Å². The molecule has 7 nitrogen and oxygen atoms in total. The van der Waals surface area contributed by atoms with Crippen molar-refractivity contribution in [3.8, 4) is 17.5 Å². The Hall–Kier alpha value is -3.53. The summed E-state index contributed by atoms with van der Waals surface area (Å²) in [6.07, 6.45) is 1.44. The number of aryl methyl sites for hydroxylation is 1. The van der Waals surface area contributed by atoms with Gasteiger partial charge in [-0.15, -0.1) is 0 Å². The maximum atomic E-state index is 11.9. The summed E-state index contributed by atoms with van der Waals surface area (Å²) < 4.78 is 12.2. The van der Waals surface area contributed by atoms with Gasteiger partial charge in [-0.05, 0) is 62.7 Å². The Bertz CT molecular complexity index is 918. The zero-order valence-corrected chi connectivity index (χ0v) is 15.5. The van der Waals surface area contributed by atoms with Crippen LogP contribution < -0.4 is 10.5 Å². The van der Waals surface area contributed by atoms with Gasteiger partial charge in [0.2, 0.25) is 0 Å².